The van der Waals surface area contributed by atoms with E-state index < -0.39 is 5.97 Å². The fraction of sp³-hybridized carbons (Fsp3) is 0.533. The fourth-order valence-corrected chi connectivity index (χ4v) is 2.84. The highest BCUT2D eigenvalue weighted by molar-refractivity contribution is 7.16. The lowest BCUT2D eigenvalue weighted by Crippen LogP contribution is -2.27. The van der Waals surface area contributed by atoms with Crippen LogP contribution in [0.3, 0.4) is 0 Å². The van der Waals surface area contributed by atoms with Gasteiger partial charge in [-0.3, -0.25) is 14.4 Å². The lowest BCUT2D eigenvalue weighted by atomic mass is 10.1. The summed E-state index contributed by atoms with van der Waals surface area (Å²) >= 11 is 1.37. The van der Waals surface area contributed by atoms with Crippen LogP contribution >= 0.6 is 11.3 Å². The van der Waals surface area contributed by atoms with Gasteiger partial charge in [-0.2, -0.15) is 0 Å². The van der Waals surface area contributed by atoms with E-state index in [-0.39, 0.29) is 30.7 Å². The summed E-state index contributed by atoms with van der Waals surface area (Å²) in [5.74, 6) is -1.48. The van der Waals surface area contributed by atoms with Crippen molar-refractivity contribution >= 4 is 34.1 Å². The first-order chi connectivity index (χ1) is 10.2. The van der Waals surface area contributed by atoms with Crippen molar-refractivity contribution in [3.63, 3.8) is 0 Å². The van der Waals surface area contributed by atoms with Crippen LogP contribution in [0.2, 0.25) is 0 Å². The van der Waals surface area contributed by atoms with Gasteiger partial charge >= 0.3 is 5.97 Å². The van der Waals surface area contributed by atoms with Gasteiger partial charge in [-0.1, -0.05) is 13.8 Å². The van der Waals surface area contributed by atoms with Gasteiger partial charge in [-0.05, 0) is 25.8 Å². The standard InChI is InChI=1S/C15H22N2O4S/c1-8(2)13(20)17-15-12(9(3)10(4)22-15)14(21)16-7-5-6-11(18)19/h8H,5-7H2,1-4H3,(H,16,21)(H,17,20)(H,18,19). The van der Waals surface area contributed by atoms with E-state index in [2.05, 4.69) is 10.6 Å². The van der Waals surface area contributed by atoms with Gasteiger partial charge < -0.3 is 15.7 Å². The van der Waals surface area contributed by atoms with E-state index >= 15 is 0 Å². The Bertz CT molecular complexity index is 578. The molecule has 0 atom stereocenters. The summed E-state index contributed by atoms with van der Waals surface area (Å²) in [5.41, 5.74) is 1.30. The minimum absolute atomic E-state index is 0.0128. The quantitative estimate of drug-likeness (QED) is 0.671. The van der Waals surface area contributed by atoms with E-state index in [0.29, 0.717) is 17.0 Å². The number of nitrogens with one attached hydrogen (secondary N) is 2. The number of carbonyl (C=O) groups excluding carboxylic acids is 2. The number of thiophene rings is 1. The SMILES string of the molecule is Cc1sc(NC(=O)C(C)C)c(C(=O)NCCCC(=O)O)c1C. The van der Waals surface area contributed by atoms with E-state index in [0.717, 1.165) is 10.4 Å². The summed E-state index contributed by atoms with van der Waals surface area (Å²) in [7, 11) is 0. The Kier molecular flexibility index (Phi) is 6.55. The molecular weight excluding hydrogens is 304 g/mol. The van der Waals surface area contributed by atoms with Gasteiger partial charge in [0.1, 0.15) is 5.00 Å². The van der Waals surface area contributed by atoms with E-state index in [1.807, 2.05) is 13.8 Å². The molecule has 0 aliphatic heterocycles. The largest absolute Gasteiger partial charge is 0.481 e. The molecule has 0 radical (unpaired) electrons. The van der Waals surface area contributed by atoms with Crippen molar-refractivity contribution in [3.05, 3.63) is 16.0 Å². The Hall–Kier alpha value is -1.89. The number of hydrogen-bond acceptors (Lipinski definition) is 4. The molecule has 1 aromatic rings. The summed E-state index contributed by atoms with van der Waals surface area (Å²) in [4.78, 5) is 35.6. The molecule has 122 valence electrons. The zero-order valence-corrected chi connectivity index (χ0v) is 14.1. The Morgan fingerprint density at radius 3 is 2.41 bits per heavy atom. The first kappa shape index (κ1) is 18.2. The van der Waals surface area contributed by atoms with E-state index in [4.69, 9.17) is 5.11 Å². The Labute approximate surface area is 133 Å². The lowest BCUT2D eigenvalue weighted by Gasteiger charge is -2.09. The van der Waals surface area contributed by atoms with Crippen molar-refractivity contribution in [2.24, 2.45) is 5.92 Å². The summed E-state index contributed by atoms with van der Waals surface area (Å²) < 4.78 is 0. The first-order valence-electron chi connectivity index (χ1n) is 7.14. The third-order valence-electron chi connectivity index (χ3n) is 3.23. The highest BCUT2D eigenvalue weighted by Crippen LogP contribution is 2.32. The van der Waals surface area contributed by atoms with Crippen LogP contribution < -0.4 is 10.6 Å². The molecule has 0 unspecified atom stereocenters. The minimum atomic E-state index is -0.887. The Morgan fingerprint density at radius 2 is 1.86 bits per heavy atom. The number of amides is 2. The number of carboxylic acids is 1. The van der Waals surface area contributed by atoms with Gasteiger partial charge in [0, 0.05) is 23.8 Å². The number of carbonyl (C=O) groups is 3. The van der Waals surface area contributed by atoms with Crippen LogP contribution in [0.25, 0.3) is 0 Å². The van der Waals surface area contributed by atoms with Crippen LogP contribution in [0.5, 0.6) is 0 Å². The zero-order chi connectivity index (χ0) is 16.9. The number of aliphatic carboxylic acids is 1. The third-order valence-corrected chi connectivity index (χ3v) is 4.35. The van der Waals surface area contributed by atoms with E-state index in [1.54, 1.807) is 13.8 Å². The third kappa shape index (κ3) is 4.84. The Balaban J connectivity index is 2.81. The predicted octanol–water partition coefficient (Wildman–Crippen LogP) is 2.55. The number of hydrogen-bond donors (Lipinski definition) is 3. The van der Waals surface area contributed by atoms with Crippen molar-refractivity contribution in [3.8, 4) is 0 Å². The molecule has 0 aliphatic rings. The summed E-state index contributed by atoms with van der Waals surface area (Å²) in [6.07, 6.45) is 0.385. The maximum absolute atomic E-state index is 12.3. The molecule has 0 spiro atoms. The van der Waals surface area contributed by atoms with Crippen LogP contribution in [0, 0.1) is 19.8 Å². The highest BCUT2D eigenvalue weighted by atomic mass is 32.1. The molecule has 0 bridgehead atoms. The van der Waals surface area contributed by atoms with Crippen molar-refractivity contribution in [2.75, 3.05) is 11.9 Å². The van der Waals surface area contributed by atoms with Crippen LogP contribution in [-0.4, -0.2) is 29.4 Å². The number of anilines is 1. The minimum Gasteiger partial charge on any atom is -0.481 e. The Morgan fingerprint density at radius 1 is 1.23 bits per heavy atom. The molecular formula is C15H22N2O4S. The van der Waals surface area contributed by atoms with Gasteiger partial charge in [0.2, 0.25) is 5.91 Å². The normalized spacial score (nSPS) is 10.6. The number of rotatable bonds is 7. The van der Waals surface area contributed by atoms with E-state index in [9.17, 15) is 14.4 Å². The predicted molar refractivity (Wildman–Crippen MR) is 86.5 cm³/mol. The number of aryl methyl sites for hydroxylation is 1. The average Bonchev–Trinajstić information content (AvgIpc) is 2.69. The molecule has 3 N–H and O–H groups in total. The lowest BCUT2D eigenvalue weighted by molar-refractivity contribution is -0.137. The van der Waals surface area contributed by atoms with Crippen LogP contribution in [0.1, 0.15) is 47.5 Å². The maximum atomic E-state index is 12.3. The van der Waals surface area contributed by atoms with Gasteiger partial charge in [0.25, 0.3) is 5.91 Å². The molecule has 2 amide bonds. The molecule has 1 heterocycles. The number of carboxylic acid groups (broad SMARTS) is 1. The zero-order valence-electron chi connectivity index (χ0n) is 13.3. The second-order valence-electron chi connectivity index (χ2n) is 5.38. The molecule has 1 rings (SSSR count). The summed E-state index contributed by atoms with van der Waals surface area (Å²) in [6, 6.07) is 0. The summed E-state index contributed by atoms with van der Waals surface area (Å²) in [6.45, 7) is 7.59. The molecule has 0 aliphatic carbocycles. The van der Waals surface area contributed by atoms with Gasteiger partial charge in [0.05, 0.1) is 5.56 Å². The molecule has 1 aromatic heterocycles. The van der Waals surface area contributed by atoms with Crippen molar-refractivity contribution in [2.45, 2.75) is 40.5 Å². The molecule has 0 saturated carbocycles. The molecule has 22 heavy (non-hydrogen) atoms. The monoisotopic (exact) mass is 326 g/mol. The molecule has 7 heteroatoms. The van der Waals surface area contributed by atoms with Crippen LogP contribution in [-0.2, 0) is 9.59 Å². The molecule has 0 aromatic carbocycles. The second kappa shape index (κ2) is 7.93. The fourth-order valence-electron chi connectivity index (χ4n) is 1.77. The van der Waals surface area contributed by atoms with E-state index in [1.165, 1.54) is 11.3 Å². The topological polar surface area (TPSA) is 95.5 Å². The van der Waals surface area contributed by atoms with Crippen molar-refractivity contribution in [1.29, 1.82) is 0 Å². The van der Waals surface area contributed by atoms with Crippen molar-refractivity contribution in [1.82, 2.24) is 5.32 Å². The second-order valence-corrected chi connectivity index (χ2v) is 6.61. The highest BCUT2D eigenvalue weighted by Gasteiger charge is 2.21. The average molecular weight is 326 g/mol. The molecule has 0 saturated heterocycles. The van der Waals surface area contributed by atoms with Gasteiger partial charge in [0.15, 0.2) is 0 Å². The molecule has 6 nitrogen and oxygen atoms in total. The molecule has 0 fully saturated rings. The smallest absolute Gasteiger partial charge is 0.303 e. The van der Waals surface area contributed by atoms with Gasteiger partial charge in [-0.25, -0.2) is 0 Å². The maximum Gasteiger partial charge on any atom is 0.303 e. The van der Waals surface area contributed by atoms with Crippen molar-refractivity contribution < 1.29 is 19.5 Å². The first-order valence-corrected chi connectivity index (χ1v) is 7.96. The summed E-state index contributed by atoms with van der Waals surface area (Å²) in [5, 5.41) is 14.6. The van der Waals surface area contributed by atoms with Crippen LogP contribution in [0.15, 0.2) is 0 Å². The van der Waals surface area contributed by atoms with Gasteiger partial charge in [-0.15, -0.1) is 11.3 Å². The van der Waals surface area contributed by atoms with Crippen LogP contribution in [0.4, 0.5) is 5.00 Å².